The highest BCUT2D eigenvalue weighted by Crippen LogP contribution is 2.37. The van der Waals surface area contributed by atoms with Crippen molar-refractivity contribution in [2.45, 2.75) is 0 Å². The molecular weight excluding hydrogens is 403 g/mol. The van der Waals surface area contributed by atoms with E-state index in [1.165, 1.54) is 11.1 Å². The first-order valence-corrected chi connectivity index (χ1v) is 10.3. The van der Waals surface area contributed by atoms with Gasteiger partial charge in [-0.05, 0) is 35.0 Å². The second kappa shape index (κ2) is 7.37. The Labute approximate surface area is 168 Å². The second-order valence-corrected chi connectivity index (χ2v) is 8.28. The summed E-state index contributed by atoms with van der Waals surface area (Å²) in [6, 6.07) is 20.0. The van der Waals surface area contributed by atoms with Gasteiger partial charge in [-0.3, -0.25) is 4.79 Å². The number of fused-ring (bicyclic) bond motifs is 2. The van der Waals surface area contributed by atoms with Crippen molar-refractivity contribution < 1.29 is 4.79 Å². The van der Waals surface area contributed by atoms with Gasteiger partial charge in [0.2, 0.25) is 0 Å². The normalized spacial score (nSPS) is 12.8. The highest BCUT2D eigenvalue weighted by atomic mass is 35.5. The molecule has 0 radical (unpaired) electrons. The minimum Gasteiger partial charge on any atom is -0.288 e. The monoisotopic (exact) mass is 414 g/mol. The third-order valence-corrected chi connectivity index (χ3v) is 6.82. The molecule has 0 aliphatic rings. The fraction of sp³-hybridized carbons (Fsp3) is 0. The van der Waals surface area contributed by atoms with Crippen LogP contribution in [0.3, 0.4) is 0 Å². The molecule has 5 heteroatoms. The van der Waals surface area contributed by atoms with E-state index in [4.69, 9.17) is 23.2 Å². The molecule has 2 aromatic carbocycles. The molecule has 128 valence electrons. The van der Waals surface area contributed by atoms with Crippen molar-refractivity contribution in [3.05, 3.63) is 81.5 Å². The predicted molar refractivity (Wildman–Crippen MR) is 116 cm³/mol. The molecule has 1 nitrogen and oxygen atoms in total. The third kappa shape index (κ3) is 3.12. The Kier molecular flexibility index (Phi) is 4.96. The average Bonchev–Trinajstić information content (AvgIpc) is 3.26. The van der Waals surface area contributed by atoms with Gasteiger partial charge in [0.1, 0.15) is 0 Å². The van der Waals surface area contributed by atoms with E-state index in [1.807, 2.05) is 60.7 Å². The zero-order valence-corrected chi connectivity index (χ0v) is 16.6. The second-order valence-electron chi connectivity index (χ2n) is 5.67. The molecular formula is C21H12Cl2OS2. The lowest BCUT2D eigenvalue weighted by Crippen LogP contribution is -2.02. The first-order chi connectivity index (χ1) is 12.7. The molecule has 0 spiro atoms. The fourth-order valence-electron chi connectivity index (χ4n) is 2.80. The summed E-state index contributed by atoms with van der Waals surface area (Å²) < 4.78 is 2.23. The quantitative estimate of drug-likeness (QED) is 0.315. The molecule has 0 aliphatic carbocycles. The first-order valence-electron chi connectivity index (χ1n) is 7.84. The summed E-state index contributed by atoms with van der Waals surface area (Å²) in [4.78, 5) is 14.8. The van der Waals surface area contributed by atoms with Crippen LogP contribution in [0.4, 0.5) is 0 Å². The topological polar surface area (TPSA) is 17.1 Å². The Balaban J connectivity index is 1.75. The van der Waals surface area contributed by atoms with E-state index in [9.17, 15) is 4.79 Å². The molecule has 0 unspecified atom stereocenters. The van der Waals surface area contributed by atoms with Gasteiger partial charge in [-0.15, -0.1) is 22.7 Å². The molecule has 2 aromatic heterocycles. The number of carbonyl (C=O) groups excluding carboxylic acids is 1. The number of benzene rings is 2. The van der Waals surface area contributed by atoms with Crippen LogP contribution in [0.5, 0.6) is 0 Å². The molecule has 4 rings (SSSR count). The summed E-state index contributed by atoms with van der Waals surface area (Å²) in [6.07, 6.45) is 0. The summed E-state index contributed by atoms with van der Waals surface area (Å²) in [5.74, 6) is -0.173. The van der Waals surface area contributed by atoms with Gasteiger partial charge in [-0.1, -0.05) is 59.6 Å². The molecule has 0 fully saturated rings. The first kappa shape index (κ1) is 17.5. The maximum atomic E-state index is 13.2. The van der Waals surface area contributed by atoms with E-state index in [1.54, 1.807) is 22.7 Å². The molecule has 0 atom stereocenters. The molecule has 0 saturated heterocycles. The van der Waals surface area contributed by atoms with Gasteiger partial charge < -0.3 is 0 Å². The van der Waals surface area contributed by atoms with E-state index in [0.717, 1.165) is 29.9 Å². The van der Waals surface area contributed by atoms with Crippen LogP contribution in [0.2, 0.25) is 0 Å². The van der Waals surface area contributed by atoms with Crippen molar-refractivity contribution in [3.63, 3.8) is 0 Å². The van der Waals surface area contributed by atoms with Crippen molar-refractivity contribution in [3.8, 4) is 0 Å². The summed E-state index contributed by atoms with van der Waals surface area (Å²) in [7, 11) is 0. The third-order valence-electron chi connectivity index (χ3n) is 4.09. The molecule has 0 aliphatic heterocycles. The van der Waals surface area contributed by atoms with E-state index in [0.29, 0.717) is 11.1 Å². The van der Waals surface area contributed by atoms with Crippen LogP contribution in [-0.2, 0) is 4.79 Å². The number of halogens is 2. The standard InChI is InChI=1S/C21H12Cl2OS2/c22-11-15(19-9-13-5-1-3-7-17(13)25-19)21(24)16(12-23)20-10-14-6-2-4-8-18(14)26-20/h1-12H. The minimum absolute atomic E-state index is 0.173. The van der Waals surface area contributed by atoms with Crippen LogP contribution in [0.25, 0.3) is 31.3 Å². The highest BCUT2D eigenvalue weighted by molar-refractivity contribution is 7.21. The van der Waals surface area contributed by atoms with E-state index < -0.39 is 0 Å². The van der Waals surface area contributed by atoms with Crippen molar-refractivity contribution in [2.24, 2.45) is 0 Å². The number of thiophene rings is 2. The van der Waals surface area contributed by atoms with Gasteiger partial charge in [0, 0.05) is 30.2 Å². The van der Waals surface area contributed by atoms with Gasteiger partial charge >= 0.3 is 0 Å². The summed E-state index contributed by atoms with van der Waals surface area (Å²) >= 11 is 15.2. The fourth-order valence-corrected chi connectivity index (χ4v) is 5.52. The Hall–Kier alpha value is -1.91. The summed E-state index contributed by atoms with van der Waals surface area (Å²) in [5.41, 5.74) is 3.61. The number of carbonyl (C=O) groups is 1. The molecule has 4 aromatic rings. The van der Waals surface area contributed by atoms with Crippen LogP contribution in [0.15, 0.2) is 71.7 Å². The number of rotatable bonds is 4. The van der Waals surface area contributed by atoms with E-state index in [-0.39, 0.29) is 5.78 Å². The Morgan fingerprint density at radius 1 is 0.731 bits per heavy atom. The number of ketones is 1. The smallest absolute Gasteiger partial charge is 0.197 e. The molecule has 0 saturated carbocycles. The SMILES string of the molecule is O=C(C(=CCl)c1cc2ccccc2s1)C(=CCl)c1cc2ccccc2s1. The number of Topliss-reactive ketones (excluding diaryl/α,β-unsaturated/α-hetero) is 1. The Morgan fingerprint density at radius 2 is 1.15 bits per heavy atom. The highest BCUT2D eigenvalue weighted by Gasteiger charge is 2.21. The Morgan fingerprint density at radius 3 is 1.54 bits per heavy atom. The lowest BCUT2D eigenvalue weighted by Gasteiger charge is -2.05. The van der Waals surface area contributed by atoms with Crippen molar-refractivity contribution >= 4 is 83.0 Å². The minimum atomic E-state index is -0.173. The van der Waals surface area contributed by atoms with E-state index in [2.05, 4.69) is 0 Å². The van der Waals surface area contributed by atoms with Gasteiger partial charge in [0.05, 0.1) is 11.1 Å². The molecule has 2 heterocycles. The number of hydrogen-bond donors (Lipinski definition) is 0. The molecule has 0 amide bonds. The average molecular weight is 415 g/mol. The molecule has 26 heavy (non-hydrogen) atoms. The number of allylic oxidation sites excluding steroid dienone is 2. The van der Waals surface area contributed by atoms with Gasteiger partial charge in [0.15, 0.2) is 5.78 Å². The van der Waals surface area contributed by atoms with E-state index >= 15 is 0 Å². The molecule has 0 N–H and O–H groups in total. The lowest BCUT2D eigenvalue weighted by molar-refractivity contribution is -0.108. The van der Waals surface area contributed by atoms with Crippen molar-refractivity contribution in [1.82, 2.24) is 0 Å². The van der Waals surface area contributed by atoms with Crippen LogP contribution < -0.4 is 0 Å². The van der Waals surface area contributed by atoms with Crippen LogP contribution in [-0.4, -0.2) is 5.78 Å². The van der Waals surface area contributed by atoms with Gasteiger partial charge in [-0.2, -0.15) is 0 Å². The summed E-state index contributed by atoms with van der Waals surface area (Å²) in [5, 5.41) is 2.18. The zero-order chi connectivity index (χ0) is 18.1. The van der Waals surface area contributed by atoms with Crippen molar-refractivity contribution in [2.75, 3.05) is 0 Å². The lowest BCUT2D eigenvalue weighted by atomic mass is 10.0. The van der Waals surface area contributed by atoms with Gasteiger partial charge in [-0.25, -0.2) is 0 Å². The van der Waals surface area contributed by atoms with Gasteiger partial charge in [0.25, 0.3) is 0 Å². The Bertz CT molecular complexity index is 1020. The maximum Gasteiger partial charge on any atom is 0.197 e. The van der Waals surface area contributed by atoms with Crippen LogP contribution in [0, 0.1) is 0 Å². The maximum absolute atomic E-state index is 13.2. The van der Waals surface area contributed by atoms with Crippen molar-refractivity contribution in [1.29, 1.82) is 0 Å². The molecule has 0 bridgehead atoms. The van der Waals surface area contributed by atoms with Crippen LogP contribution in [0.1, 0.15) is 9.75 Å². The predicted octanol–water partition coefficient (Wildman–Crippen LogP) is 7.54. The van der Waals surface area contributed by atoms with Crippen LogP contribution >= 0.6 is 45.9 Å². The number of hydrogen-bond acceptors (Lipinski definition) is 3. The zero-order valence-electron chi connectivity index (χ0n) is 13.4. The largest absolute Gasteiger partial charge is 0.288 e. The summed E-state index contributed by atoms with van der Waals surface area (Å²) in [6.45, 7) is 0.